The Hall–Kier alpha value is -2.17. The van der Waals surface area contributed by atoms with Crippen molar-refractivity contribution in [1.82, 2.24) is 5.32 Å². The van der Waals surface area contributed by atoms with Crippen LogP contribution in [0, 0.1) is 0 Å². The van der Waals surface area contributed by atoms with Crippen LogP contribution in [0.2, 0.25) is 0 Å². The van der Waals surface area contributed by atoms with Crippen molar-refractivity contribution in [1.29, 1.82) is 0 Å². The fraction of sp³-hybridized carbons (Fsp3) is 0.591. The molecule has 0 unspecified atom stereocenters. The molecule has 0 bridgehead atoms. The number of hydrogen-bond donors (Lipinski definition) is 2. The first kappa shape index (κ1) is 21.1. The first-order valence-electron chi connectivity index (χ1n) is 10.4. The second-order valence-corrected chi connectivity index (χ2v) is 7.38. The molecule has 0 saturated carbocycles. The van der Waals surface area contributed by atoms with Crippen LogP contribution in [0.5, 0.6) is 0 Å². The number of anilines is 1. The standard InChI is InChI=1S/C22H32N2O3/c1-2-3-4-5-6-7-8-9-10-11-12-13-20(25)23-17-14-15-18-19(16-17)22(27)24-21(18)26/h14-16H,2-13H2,1H3,(H,23,25)(H,24,26,27). The van der Waals surface area contributed by atoms with E-state index in [-0.39, 0.29) is 11.8 Å². The van der Waals surface area contributed by atoms with E-state index >= 15 is 0 Å². The van der Waals surface area contributed by atoms with Crippen molar-refractivity contribution in [2.45, 2.75) is 84.0 Å². The lowest BCUT2D eigenvalue weighted by atomic mass is 10.1. The summed E-state index contributed by atoms with van der Waals surface area (Å²) in [5.41, 5.74) is 1.25. The van der Waals surface area contributed by atoms with Gasteiger partial charge in [0.25, 0.3) is 11.8 Å². The molecule has 27 heavy (non-hydrogen) atoms. The summed E-state index contributed by atoms with van der Waals surface area (Å²) in [6.45, 7) is 2.24. The zero-order chi connectivity index (χ0) is 19.5. The van der Waals surface area contributed by atoms with Crippen molar-refractivity contribution >= 4 is 23.4 Å². The van der Waals surface area contributed by atoms with Gasteiger partial charge < -0.3 is 5.32 Å². The Kier molecular flexibility index (Phi) is 9.02. The van der Waals surface area contributed by atoms with E-state index in [0.29, 0.717) is 23.2 Å². The van der Waals surface area contributed by atoms with E-state index in [2.05, 4.69) is 17.6 Å². The summed E-state index contributed by atoms with van der Waals surface area (Å²) >= 11 is 0. The third kappa shape index (κ3) is 7.16. The fourth-order valence-electron chi connectivity index (χ4n) is 3.42. The lowest BCUT2D eigenvalue weighted by molar-refractivity contribution is -0.116. The number of amides is 3. The van der Waals surface area contributed by atoms with Gasteiger partial charge in [0.2, 0.25) is 5.91 Å². The highest BCUT2D eigenvalue weighted by Crippen LogP contribution is 2.20. The van der Waals surface area contributed by atoms with Crippen molar-refractivity contribution in [3.05, 3.63) is 29.3 Å². The molecule has 0 radical (unpaired) electrons. The zero-order valence-electron chi connectivity index (χ0n) is 16.4. The summed E-state index contributed by atoms with van der Waals surface area (Å²) < 4.78 is 0. The van der Waals surface area contributed by atoms with Crippen LogP contribution in [0.15, 0.2) is 18.2 Å². The van der Waals surface area contributed by atoms with E-state index < -0.39 is 5.91 Å². The topological polar surface area (TPSA) is 75.3 Å². The Morgan fingerprint density at radius 1 is 0.815 bits per heavy atom. The van der Waals surface area contributed by atoms with Crippen LogP contribution in [0.1, 0.15) is 105 Å². The maximum absolute atomic E-state index is 12.0. The lowest BCUT2D eigenvalue weighted by Crippen LogP contribution is -2.19. The second-order valence-electron chi connectivity index (χ2n) is 7.38. The highest BCUT2D eigenvalue weighted by atomic mass is 16.2. The van der Waals surface area contributed by atoms with E-state index in [1.165, 1.54) is 57.8 Å². The SMILES string of the molecule is CCCCCCCCCCCCCC(=O)Nc1ccc2c(c1)C(=O)NC2=O. The van der Waals surface area contributed by atoms with Crippen LogP contribution < -0.4 is 10.6 Å². The van der Waals surface area contributed by atoms with E-state index in [1.54, 1.807) is 18.2 Å². The van der Waals surface area contributed by atoms with Gasteiger partial charge in [-0.05, 0) is 24.6 Å². The number of hydrogen-bond acceptors (Lipinski definition) is 3. The van der Waals surface area contributed by atoms with E-state index in [9.17, 15) is 14.4 Å². The van der Waals surface area contributed by atoms with Gasteiger partial charge in [0.1, 0.15) is 0 Å². The van der Waals surface area contributed by atoms with Gasteiger partial charge in [0.05, 0.1) is 11.1 Å². The number of nitrogens with one attached hydrogen (secondary N) is 2. The largest absolute Gasteiger partial charge is 0.326 e. The van der Waals surface area contributed by atoms with Crippen molar-refractivity contribution in [3.63, 3.8) is 0 Å². The third-order valence-electron chi connectivity index (χ3n) is 5.03. The highest BCUT2D eigenvalue weighted by molar-refractivity contribution is 6.22. The summed E-state index contributed by atoms with van der Waals surface area (Å²) in [5.74, 6) is -0.832. The number of fused-ring (bicyclic) bond motifs is 1. The van der Waals surface area contributed by atoms with Crippen LogP contribution in [0.25, 0.3) is 0 Å². The predicted molar refractivity (Wildman–Crippen MR) is 108 cm³/mol. The second kappa shape index (κ2) is 11.5. The summed E-state index contributed by atoms with van der Waals surface area (Å²) in [6, 6.07) is 4.80. The van der Waals surface area contributed by atoms with Gasteiger partial charge in [0, 0.05) is 12.1 Å². The molecule has 1 aromatic rings. The number of rotatable bonds is 13. The van der Waals surface area contributed by atoms with Gasteiger partial charge in [-0.15, -0.1) is 0 Å². The Labute approximate surface area is 162 Å². The molecule has 1 aliphatic heterocycles. The molecule has 0 aromatic heterocycles. The number of carbonyl (C=O) groups excluding carboxylic acids is 3. The molecule has 0 spiro atoms. The number of benzene rings is 1. The highest BCUT2D eigenvalue weighted by Gasteiger charge is 2.26. The molecule has 148 valence electrons. The normalized spacial score (nSPS) is 12.8. The minimum atomic E-state index is -0.406. The average Bonchev–Trinajstić information content (AvgIpc) is 2.93. The van der Waals surface area contributed by atoms with Crippen LogP contribution in [0.4, 0.5) is 5.69 Å². The number of imide groups is 1. The molecule has 0 aliphatic carbocycles. The van der Waals surface area contributed by atoms with Gasteiger partial charge in [-0.25, -0.2) is 0 Å². The molecule has 1 aliphatic rings. The molecule has 3 amide bonds. The smallest absolute Gasteiger partial charge is 0.259 e. The summed E-state index contributed by atoms with van der Waals surface area (Å²) in [5, 5.41) is 5.06. The fourth-order valence-corrected chi connectivity index (χ4v) is 3.42. The van der Waals surface area contributed by atoms with Crippen LogP contribution >= 0.6 is 0 Å². The Bertz CT molecular complexity index is 655. The van der Waals surface area contributed by atoms with Gasteiger partial charge in [0.15, 0.2) is 0 Å². The lowest BCUT2D eigenvalue weighted by Gasteiger charge is -2.06. The Morgan fingerprint density at radius 2 is 1.37 bits per heavy atom. The quantitative estimate of drug-likeness (QED) is 0.369. The van der Waals surface area contributed by atoms with Crippen molar-refractivity contribution in [3.8, 4) is 0 Å². The van der Waals surface area contributed by atoms with Gasteiger partial charge in [-0.1, -0.05) is 71.1 Å². The van der Waals surface area contributed by atoms with Gasteiger partial charge in [-0.2, -0.15) is 0 Å². The first-order valence-corrected chi connectivity index (χ1v) is 10.4. The zero-order valence-corrected chi connectivity index (χ0v) is 16.4. The van der Waals surface area contributed by atoms with Gasteiger partial charge >= 0.3 is 0 Å². The number of unbranched alkanes of at least 4 members (excludes halogenated alkanes) is 10. The van der Waals surface area contributed by atoms with Crippen molar-refractivity contribution in [2.75, 3.05) is 5.32 Å². The molecule has 5 nitrogen and oxygen atoms in total. The van der Waals surface area contributed by atoms with Crippen LogP contribution in [-0.2, 0) is 4.79 Å². The maximum atomic E-state index is 12.0. The summed E-state index contributed by atoms with van der Waals surface area (Å²) in [4.78, 5) is 35.2. The Morgan fingerprint density at radius 3 is 2.00 bits per heavy atom. The monoisotopic (exact) mass is 372 g/mol. The molecule has 0 saturated heterocycles. The summed E-state index contributed by atoms with van der Waals surface area (Å²) in [7, 11) is 0. The van der Waals surface area contributed by atoms with Crippen LogP contribution in [0.3, 0.4) is 0 Å². The summed E-state index contributed by atoms with van der Waals surface area (Å²) in [6.07, 6.45) is 14.3. The molecule has 1 aromatic carbocycles. The molecule has 0 fully saturated rings. The molecule has 2 rings (SSSR count). The third-order valence-corrected chi connectivity index (χ3v) is 5.03. The Balaban J connectivity index is 1.54. The van der Waals surface area contributed by atoms with E-state index in [4.69, 9.17) is 0 Å². The molecule has 0 atom stereocenters. The molecule has 5 heteroatoms. The van der Waals surface area contributed by atoms with Crippen LogP contribution in [-0.4, -0.2) is 17.7 Å². The molecular formula is C22H32N2O3. The van der Waals surface area contributed by atoms with E-state index in [1.807, 2.05) is 0 Å². The van der Waals surface area contributed by atoms with Gasteiger partial charge in [-0.3, -0.25) is 19.7 Å². The first-order chi connectivity index (χ1) is 13.1. The maximum Gasteiger partial charge on any atom is 0.259 e. The predicted octanol–water partition coefficient (Wildman–Crippen LogP) is 5.21. The minimum Gasteiger partial charge on any atom is -0.326 e. The molecule has 1 heterocycles. The average molecular weight is 373 g/mol. The van der Waals surface area contributed by atoms with Crippen molar-refractivity contribution in [2.24, 2.45) is 0 Å². The minimum absolute atomic E-state index is 0.0457. The number of carbonyl (C=O) groups is 3. The molecular weight excluding hydrogens is 340 g/mol. The van der Waals surface area contributed by atoms with E-state index in [0.717, 1.165) is 12.8 Å². The van der Waals surface area contributed by atoms with Crippen molar-refractivity contribution < 1.29 is 14.4 Å². The molecule has 2 N–H and O–H groups in total.